The van der Waals surface area contributed by atoms with Crippen LogP contribution in [0.5, 0.6) is 5.75 Å². The van der Waals surface area contributed by atoms with Crippen molar-refractivity contribution < 1.29 is 14.6 Å². The van der Waals surface area contributed by atoms with Crippen LogP contribution in [0.15, 0.2) is 54.6 Å². The van der Waals surface area contributed by atoms with Crippen LogP contribution in [0.25, 0.3) is 0 Å². The van der Waals surface area contributed by atoms with Crippen LogP contribution in [0.1, 0.15) is 30.1 Å². The molecule has 1 aliphatic rings. The molecule has 27 heavy (non-hydrogen) atoms. The van der Waals surface area contributed by atoms with Crippen LogP contribution in [0.3, 0.4) is 0 Å². The molecule has 1 aliphatic heterocycles. The first-order valence-electron chi connectivity index (χ1n) is 9.42. The number of carbonyl (C=O) groups excluding carboxylic acids is 1. The predicted octanol–water partition coefficient (Wildman–Crippen LogP) is 2.85. The molecule has 2 aromatic rings. The Kier molecular flexibility index (Phi) is 6.48. The molecule has 1 N–H and O–H groups in total. The summed E-state index contributed by atoms with van der Waals surface area (Å²) < 4.78 is 5.17. The van der Waals surface area contributed by atoms with Gasteiger partial charge in [0.05, 0.1) is 25.8 Å². The van der Waals surface area contributed by atoms with Gasteiger partial charge in [-0.25, -0.2) is 0 Å². The number of carbonyl (C=O) groups is 1. The number of amides is 1. The van der Waals surface area contributed by atoms with E-state index in [1.807, 2.05) is 59.3 Å². The van der Waals surface area contributed by atoms with Crippen molar-refractivity contribution in [3.63, 3.8) is 0 Å². The summed E-state index contributed by atoms with van der Waals surface area (Å²) in [7, 11) is 3.57. The number of rotatable bonds is 7. The van der Waals surface area contributed by atoms with Gasteiger partial charge in [0.2, 0.25) is 5.91 Å². The number of likely N-dealkylation sites (tertiary alicyclic amines) is 1. The Labute approximate surface area is 161 Å². The average molecular weight is 368 g/mol. The number of nitrogens with zero attached hydrogens (tertiary/aromatic N) is 2. The van der Waals surface area contributed by atoms with Gasteiger partial charge in [-0.15, -0.1) is 0 Å². The molecule has 5 heteroatoms. The first kappa shape index (κ1) is 19.4. The summed E-state index contributed by atoms with van der Waals surface area (Å²) in [6.07, 6.45) is 1.06. The van der Waals surface area contributed by atoms with Crippen molar-refractivity contribution in [3.05, 3.63) is 65.7 Å². The van der Waals surface area contributed by atoms with Crippen LogP contribution in [0.4, 0.5) is 0 Å². The molecule has 1 saturated heterocycles. The Morgan fingerprint density at radius 3 is 2.59 bits per heavy atom. The van der Waals surface area contributed by atoms with Crippen molar-refractivity contribution in [1.82, 2.24) is 9.80 Å². The molecule has 2 atom stereocenters. The Morgan fingerprint density at radius 1 is 1.22 bits per heavy atom. The van der Waals surface area contributed by atoms with Crippen molar-refractivity contribution in [3.8, 4) is 5.75 Å². The second kappa shape index (κ2) is 9.02. The van der Waals surface area contributed by atoms with Gasteiger partial charge in [0.25, 0.3) is 0 Å². The molecule has 1 fully saturated rings. The van der Waals surface area contributed by atoms with E-state index < -0.39 is 6.10 Å². The fraction of sp³-hybridized carbons (Fsp3) is 0.409. The second-order valence-corrected chi connectivity index (χ2v) is 7.17. The SMILES string of the molecule is COc1ccc([C@H](O)[C@H]2CCCN2C(=O)CN(C)Cc2ccccc2)cc1. The van der Waals surface area contributed by atoms with E-state index in [0.29, 0.717) is 13.1 Å². The van der Waals surface area contributed by atoms with Gasteiger partial charge in [-0.2, -0.15) is 0 Å². The highest BCUT2D eigenvalue weighted by molar-refractivity contribution is 5.79. The van der Waals surface area contributed by atoms with Crippen molar-refractivity contribution in [2.24, 2.45) is 0 Å². The summed E-state index contributed by atoms with van der Waals surface area (Å²) in [6, 6.07) is 17.4. The Morgan fingerprint density at radius 2 is 1.93 bits per heavy atom. The van der Waals surface area contributed by atoms with E-state index in [1.165, 1.54) is 5.56 Å². The van der Waals surface area contributed by atoms with Gasteiger partial charge in [-0.1, -0.05) is 42.5 Å². The van der Waals surface area contributed by atoms with Crippen LogP contribution in [-0.2, 0) is 11.3 Å². The second-order valence-electron chi connectivity index (χ2n) is 7.17. The molecule has 2 aromatic carbocycles. The van der Waals surface area contributed by atoms with E-state index in [1.54, 1.807) is 7.11 Å². The van der Waals surface area contributed by atoms with E-state index in [4.69, 9.17) is 4.74 Å². The molecule has 1 amide bonds. The highest BCUT2D eigenvalue weighted by atomic mass is 16.5. The summed E-state index contributed by atoms with van der Waals surface area (Å²) in [6.45, 7) is 1.78. The highest BCUT2D eigenvalue weighted by Gasteiger charge is 2.34. The average Bonchev–Trinajstić information content (AvgIpc) is 3.18. The number of hydrogen-bond acceptors (Lipinski definition) is 4. The molecular weight excluding hydrogens is 340 g/mol. The van der Waals surface area contributed by atoms with E-state index >= 15 is 0 Å². The van der Waals surface area contributed by atoms with Crippen LogP contribution < -0.4 is 4.74 Å². The first-order valence-corrected chi connectivity index (χ1v) is 9.42. The van der Waals surface area contributed by atoms with E-state index in [0.717, 1.165) is 30.7 Å². The van der Waals surface area contributed by atoms with Crippen LogP contribution in [-0.4, -0.2) is 54.1 Å². The predicted molar refractivity (Wildman–Crippen MR) is 105 cm³/mol. The quantitative estimate of drug-likeness (QED) is 0.817. The van der Waals surface area contributed by atoms with Crippen molar-refractivity contribution in [2.75, 3.05) is 27.2 Å². The molecule has 0 unspecified atom stereocenters. The molecule has 0 aliphatic carbocycles. The van der Waals surface area contributed by atoms with Gasteiger partial charge >= 0.3 is 0 Å². The summed E-state index contributed by atoms with van der Waals surface area (Å²) in [4.78, 5) is 16.7. The Bertz CT molecular complexity index is 733. The fourth-order valence-electron chi connectivity index (χ4n) is 3.73. The number of aliphatic hydroxyl groups excluding tert-OH is 1. The molecule has 0 aromatic heterocycles. The third-order valence-corrected chi connectivity index (χ3v) is 5.14. The van der Waals surface area contributed by atoms with Crippen LogP contribution >= 0.6 is 0 Å². The minimum atomic E-state index is -0.679. The third kappa shape index (κ3) is 4.87. The van der Waals surface area contributed by atoms with Gasteiger partial charge < -0.3 is 14.7 Å². The molecule has 144 valence electrons. The maximum absolute atomic E-state index is 12.8. The van der Waals surface area contributed by atoms with Crippen molar-refractivity contribution in [1.29, 1.82) is 0 Å². The molecule has 0 spiro atoms. The molecule has 3 rings (SSSR count). The number of aliphatic hydroxyl groups is 1. The summed E-state index contributed by atoms with van der Waals surface area (Å²) in [5.74, 6) is 0.830. The minimum Gasteiger partial charge on any atom is -0.497 e. The highest BCUT2D eigenvalue weighted by Crippen LogP contribution is 2.30. The lowest BCUT2D eigenvalue weighted by Crippen LogP contribution is -2.43. The van der Waals surface area contributed by atoms with Gasteiger partial charge in [0.1, 0.15) is 5.75 Å². The van der Waals surface area contributed by atoms with Gasteiger partial charge in [-0.05, 0) is 43.1 Å². The number of ether oxygens (including phenoxy) is 1. The minimum absolute atomic E-state index is 0.0727. The Balaban J connectivity index is 1.61. The third-order valence-electron chi connectivity index (χ3n) is 5.14. The standard InChI is InChI=1S/C22H28N2O3/c1-23(15-17-7-4-3-5-8-17)16-21(25)24-14-6-9-20(24)22(26)18-10-12-19(27-2)13-11-18/h3-5,7-8,10-13,20,22,26H,6,9,14-16H2,1-2H3/t20-,22+/m1/s1. The fourth-order valence-corrected chi connectivity index (χ4v) is 3.73. The molecule has 0 radical (unpaired) electrons. The number of benzene rings is 2. The molecular formula is C22H28N2O3. The molecule has 0 saturated carbocycles. The lowest BCUT2D eigenvalue weighted by Gasteiger charge is -2.30. The molecule has 1 heterocycles. The lowest BCUT2D eigenvalue weighted by atomic mass is 10.00. The van der Waals surface area contributed by atoms with Gasteiger partial charge in [0.15, 0.2) is 0 Å². The molecule has 0 bridgehead atoms. The van der Waals surface area contributed by atoms with Crippen LogP contribution in [0.2, 0.25) is 0 Å². The smallest absolute Gasteiger partial charge is 0.237 e. The summed E-state index contributed by atoms with van der Waals surface area (Å²) in [5, 5.41) is 10.8. The van der Waals surface area contributed by atoms with E-state index in [9.17, 15) is 9.90 Å². The first-order chi connectivity index (χ1) is 13.1. The normalized spacial score (nSPS) is 17.9. The topological polar surface area (TPSA) is 53.0 Å². The largest absolute Gasteiger partial charge is 0.497 e. The Hall–Kier alpha value is -2.37. The lowest BCUT2D eigenvalue weighted by molar-refractivity contribution is -0.135. The van der Waals surface area contributed by atoms with E-state index in [-0.39, 0.29) is 11.9 Å². The zero-order valence-electron chi connectivity index (χ0n) is 16.0. The van der Waals surface area contributed by atoms with Gasteiger partial charge in [-0.3, -0.25) is 9.69 Å². The number of hydrogen-bond donors (Lipinski definition) is 1. The molecule has 5 nitrogen and oxygen atoms in total. The maximum Gasteiger partial charge on any atom is 0.237 e. The zero-order chi connectivity index (χ0) is 19.2. The summed E-state index contributed by atoms with van der Waals surface area (Å²) >= 11 is 0. The maximum atomic E-state index is 12.8. The zero-order valence-corrected chi connectivity index (χ0v) is 16.0. The van der Waals surface area contributed by atoms with Crippen molar-refractivity contribution >= 4 is 5.91 Å². The number of methoxy groups -OCH3 is 1. The van der Waals surface area contributed by atoms with Gasteiger partial charge in [0, 0.05) is 13.1 Å². The van der Waals surface area contributed by atoms with E-state index in [2.05, 4.69) is 12.1 Å². The monoisotopic (exact) mass is 368 g/mol. The van der Waals surface area contributed by atoms with Crippen molar-refractivity contribution in [2.45, 2.75) is 31.5 Å². The number of likely N-dealkylation sites (N-methyl/N-ethyl adjacent to an activating group) is 1. The summed E-state index contributed by atoms with van der Waals surface area (Å²) in [5.41, 5.74) is 2.00. The van der Waals surface area contributed by atoms with Crippen LogP contribution in [0, 0.1) is 0 Å².